The second-order valence-corrected chi connectivity index (χ2v) is 6.15. The molecule has 0 spiro atoms. The SMILES string of the molecule is COC1(C(O)c2cccc3ccccc23)CCCCCC1. The number of aliphatic hydroxyl groups excluding tert-OH is 1. The molecule has 0 heterocycles. The first-order chi connectivity index (χ1) is 10.3. The first-order valence-electron chi connectivity index (χ1n) is 7.98. The molecular weight excluding hydrogens is 260 g/mol. The molecule has 1 saturated carbocycles. The van der Waals surface area contributed by atoms with Crippen LogP contribution in [0, 0.1) is 0 Å². The molecule has 1 aliphatic rings. The lowest BCUT2D eigenvalue weighted by molar-refractivity contribution is -0.113. The summed E-state index contributed by atoms with van der Waals surface area (Å²) < 4.78 is 5.87. The van der Waals surface area contributed by atoms with Crippen molar-refractivity contribution >= 4 is 10.8 Å². The Morgan fingerprint density at radius 1 is 0.952 bits per heavy atom. The summed E-state index contributed by atoms with van der Waals surface area (Å²) in [7, 11) is 1.75. The van der Waals surface area contributed by atoms with Crippen molar-refractivity contribution in [1.29, 1.82) is 0 Å². The Bertz CT molecular complexity index is 592. The van der Waals surface area contributed by atoms with E-state index in [2.05, 4.69) is 18.2 Å². The summed E-state index contributed by atoms with van der Waals surface area (Å²) >= 11 is 0. The molecule has 21 heavy (non-hydrogen) atoms. The minimum Gasteiger partial charge on any atom is -0.385 e. The fourth-order valence-corrected chi connectivity index (χ4v) is 3.69. The number of rotatable bonds is 3. The third-order valence-electron chi connectivity index (χ3n) is 4.97. The molecule has 0 aromatic heterocycles. The van der Waals surface area contributed by atoms with Crippen LogP contribution in [0.15, 0.2) is 42.5 Å². The van der Waals surface area contributed by atoms with Crippen LogP contribution in [-0.2, 0) is 4.74 Å². The number of hydrogen-bond acceptors (Lipinski definition) is 2. The van der Waals surface area contributed by atoms with Gasteiger partial charge in [-0.2, -0.15) is 0 Å². The Balaban J connectivity index is 2.03. The van der Waals surface area contributed by atoms with E-state index < -0.39 is 11.7 Å². The average Bonchev–Trinajstić information content (AvgIpc) is 2.80. The van der Waals surface area contributed by atoms with E-state index in [1.54, 1.807) is 7.11 Å². The molecule has 1 fully saturated rings. The highest BCUT2D eigenvalue weighted by molar-refractivity contribution is 5.86. The monoisotopic (exact) mass is 284 g/mol. The van der Waals surface area contributed by atoms with Gasteiger partial charge >= 0.3 is 0 Å². The predicted molar refractivity (Wildman–Crippen MR) is 86.3 cm³/mol. The smallest absolute Gasteiger partial charge is 0.109 e. The Labute approximate surface area is 126 Å². The van der Waals surface area contributed by atoms with Gasteiger partial charge in [0.2, 0.25) is 0 Å². The lowest BCUT2D eigenvalue weighted by Gasteiger charge is -2.37. The molecule has 1 unspecified atom stereocenters. The van der Waals surface area contributed by atoms with Gasteiger partial charge in [-0.3, -0.25) is 0 Å². The van der Waals surface area contributed by atoms with Gasteiger partial charge in [0.15, 0.2) is 0 Å². The Morgan fingerprint density at radius 3 is 2.33 bits per heavy atom. The summed E-state index contributed by atoms with van der Waals surface area (Å²) in [6.07, 6.45) is 6.07. The van der Waals surface area contributed by atoms with Gasteiger partial charge in [0.1, 0.15) is 6.10 Å². The third kappa shape index (κ3) is 2.70. The first kappa shape index (κ1) is 14.6. The molecule has 2 aromatic rings. The number of aliphatic hydroxyl groups is 1. The van der Waals surface area contributed by atoms with Gasteiger partial charge in [0.25, 0.3) is 0 Å². The van der Waals surface area contributed by atoms with Crippen LogP contribution >= 0.6 is 0 Å². The molecule has 112 valence electrons. The van der Waals surface area contributed by atoms with Crippen molar-refractivity contribution in [3.8, 4) is 0 Å². The zero-order valence-electron chi connectivity index (χ0n) is 12.7. The van der Waals surface area contributed by atoms with Gasteiger partial charge in [0.05, 0.1) is 5.60 Å². The topological polar surface area (TPSA) is 29.5 Å². The van der Waals surface area contributed by atoms with Crippen LogP contribution < -0.4 is 0 Å². The minimum absolute atomic E-state index is 0.430. The van der Waals surface area contributed by atoms with Gasteiger partial charge < -0.3 is 9.84 Å². The van der Waals surface area contributed by atoms with Crippen molar-refractivity contribution in [3.63, 3.8) is 0 Å². The van der Waals surface area contributed by atoms with Crippen LogP contribution in [0.25, 0.3) is 10.8 Å². The lowest BCUT2D eigenvalue weighted by Crippen LogP contribution is -2.38. The molecule has 0 bridgehead atoms. The molecule has 1 N–H and O–H groups in total. The largest absolute Gasteiger partial charge is 0.385 e. The molecular formula is C19H24O2. The molecule has 1 atom stereocenters. The van der Waals surface area contributed by atoms with Gasteiger partial charge in [-0.1, -0.05) is 68.1 Å². The van der Waals surface area contributed by atoms with E-state index in [4.69, 9.17) is 4.74 Å². The zero-order valence-corrected chi connectivity index (χ0v) is 12.7. The Kier molecular flexibility index (Phi) is 4.27. The van der Waals surface area contributed by atoms with Crippen LogP contribution in [0.3, 0.4) is 0 Å². The highest BCUT2D eigenvalue weighted by Gasteiger charge is 2.39. The van der Waals surface area contributed by atoms with Crippen LogP contribution in [0.2, 0.25) is 0 Å². The Morgan fingerprint density at radius 2 is 1.62 bits per heavy atom. The van der Waals surface area contributed by atoms with Crippen molar-refractivity contribution in [2.24, 2.45) is 0 Å². The normalized spacial score (nSPS) is 20.1. The van der Waals surface area contributed by atoms with Crippen LogP contribution in [-0.4, -0.2) is 17.8 Å². The van der Waals surface area contributed by atoms with Gasteiger partial charge in [-0.15, -0.1) is 0 Å². The van der Waals surface area contributed by atoms with Crippen LogP contribution in [0.1, 0.15) is 50.2 Å². The third-order valence-corrected chi connectivity index (χ3v) is 4.97. The molecule has 2 nitrogen and oxygen atoms in total. The fourth-order valence-electron chi connectivity index (χ4n) is 3.69. The summed E-state index contributed by atoms with van der Waals surface area (Å²) in [4.78, 5) is 0. The average molecular weight is 284 g/mol. The maximum absolute atomic E-state index is 11.1. The second-order valence-electron chi connectivity index (χ2n) is 6.15. The summed E-state index contributed by atoms with van der Waals surface area (Å²) in [6, 6.07) is 14.4. The minimum atomic E-state index is -0.563. The molecule has 0 aliphatic heterocycles. The highest BCUT2D eigenvalue weighted by atomic mass is 16.5. The van der Waals surface area contributed by atoms with Crippen molar-refractivity contribution in [3.05, 3.63) is 48.0 Å². The van der Waals surface area contributed by atoms with Gasteiger partial charge in [-0.25, -0.2) is 0 Å². The predicted octanol–water partition coefficient (Wildman–Crippen LogP) is 4.61. The summed E-state index contributed by atoms with van der Waals surface area (Å²) in [6.45, 7) is 0. The molecule has 0 amide bonds. The summed E-state index contributed by atoms with van der Waals surface area (Å²) in [5.41, 5.74) is 0.567. The van der Waals surface area contributed by atoms with E-state index in [9.17, 15) is 5.11 Å². The highest BCUT2D eigenvalue weighted by Crippen LogP contribution is 2.41. The first-order valence-corrected chi connectivity index (χ1v) is 7.98. The van der Waals surface area contributed by atoms with E-state index in [0.29, 0.717) is 0 Å². The van der Waals surface area contributed by atoms with E-state index >= 15 is 0 Å². The zero-order chi connectivity index (χ0) is 14.7. The standard InChI is InChI=1S/C19H24O2/c1-21-19(13-6-2-3-7-14-19)18(20)17-12-8-10-15-9-4-5-11-16(15)17/h4-5,8-12,18,20H,2-3,6-7,13-14H2,1H3. The Hall–Kier alpha value is -1.38. The van der Waals surface area contributed by atoms with Gasteiger partial charge in [0, 0.05) is 7.11 Å². The van der Waals surface area contributed by atoms with Crippen molar-refractivity contribution in [1.82, 2.24) is 0 Å². The second kappa shape index (κ2) is 6.17. The van der Waals surface area contributed by atoms with Crippen LogP contribution in [0.4, 0.5) is 0 Å². The maximum Gasteiger partial charge on any atom is 0.109 e. The van der Waals surface area contributed by atoms with E-state index in [1.807, 2.05) is 24.3 Å². The summed E-state index contributed by atoms with van der Waals surface area (Å²) in [5, 5.41) is 13.4. The van der Waals surface area contributed by atoms with Crippen molar-refractivity contribution in [2.75, 3.05) is 7.11 Å². The van der Waals surface area contributed by atoms with E-state index in [-0.39, 0.29) is 0 Å². The quantitative estimate of drug-likeness (QED) is 0.834. The summed E-state index contributed by atoms with van der Waals surface area (Å²) in [5.74, 6) is 0. The van der Waals surface area contributed by atoms with E-state index in [1.165, 1.54) is 18.2 Å². The molecule has 0 radical (unpaired) electrons. The molecule has 0 saturated heterocycles. The molecule has 3 rings (SSSR count). The van der Waals surface area contributed by atoms with Crippen LogP contribution in [0.5, 0.6) is 0 Å². The molecule has 2 aromatic carbocycles. The van der Waals surface area contributed by atoms with E-state index in [0.717, 1.165) is 36.6 Å². The number of methoxy groups -OCH3 is 1. The van der Waals surface area contributed by atoms with Crippen molar-refractivity contribution in [2.45, 2.75) is 50.2 Å². The number of ether oxygens (including phenoxy) is 1. The number of benzene rings is 2. The van der Waals surface area contributed by atoms with Crippen molar-refractivity contribution < 1.29 is 9.84 Å². The van der Waals surface area contributed by atoms with Gasteiger partial charge in [-0.05, 0) is 29.2 Å². The number of fused-ring (bicyclic) bond motifs is 1. The lowest BCUT2D eigenvalue weighted by atomic mass is 9.82. The molecule has 2 heteroatoms. The number of hydrogen-bond donors (Lipinski definition) is 1. The molecule has 1 aliphatic carbocycles. The maximum atomic E-state index is 11.1. The fraction of sp³-hybridized carbons (Fsp3) is 0.474.